The smallest absolute Gasteiger partial charge is 0.226 e. The highest BCUT2D eigenvalue weighted by Crippen LogP contribution is 2.46. The third-order valence-corrected chi connectivity index (χ3v) is 7.96. The summed E-state index contributed by atoms with van der Waals surface area (Å²) in [6, 6.07) is 7.14. The molecule has 0 saturated heterocycles. The second-order valence-electron chi connectivity index (χ2n) is 8.56. The van der Waals surface area contributed by atoms with E-state index in [4.69, 9.17) is 4.98 Å². The number of carbonyl (C=O) groups is 1. The summed E-state index contributed by atoms with van der Waals surface area (Å²) in [5, 5.41) is 12.0. The highest BCUT2D eigenvalue weighted by molar-refractivity contribution is 7.22. The number of anilines is 1. The Bertz CT molecular complexity index is 1080. The van der Waals surface area contributed by atoms with Gasteiger partial charge in [0.1, 0.15) is 10.0 Å². The molecular weight excluding hydrogens is 412 g/mol. The SMILES string of the molecule is CC(C)NCCC(=O)Nc1sc2c(c1-c1nc3cc(C4CC4)ccc3s1)CCNC2. The molecule has 5 rings (SSSR count). The number of nitrogens with zero attached hydrogens (tertiary/aromatic N) is 1. The predicted molar refractivity (Wildman–Crippen MR) is 127 cm³/mol. The van der Waals surface area contributed by atoms with Gasteiger partial charge in [-0.25, -0.2) is 4.98 Å². The van der Waals surface area contributed by atoms with Crippen molar-refractivity contribution in [1.82, 2.24) is 15.6 Å². The second kappa shape index (κ2) is 8.38. The summed E-state index contributed by atoms with van der Waals surface area (Å²) in [5.74, 6) is 0.793. The highest BCUT2D eigenvalue weighted by Gasteiger charge is 2.26. The molecule has 1 aliphatic heterocycles. The number of benzene rings is 1. The van der Waals surface area contributed by atoms with Crippen molar-refractivity contribution in [3.05, 3.63) is 34.2 Å². The third kappa shape index (κ3) is 4.17. The number of aromatic nitrogens is 1. The van der Waals surface area contributed by atoms with Crippen molar-refractivity contribution in [2.24, 2.45) is 0 Å². The van der Waals surface area contributed by atoms with Crippen molar-refractivity contribution in [2.75, 3.05) is 18.4 Å². The molecule has 1 saturated carbocycles. The zero-order chi connectivity index (χ0) is 20.7. The minimum Gasteiger partial charge on any atom is -0.317 e. The molecular formula is C23H28N4OS2. The van der Waals surface area contributed by atoms with E-state index in [0.717, 1.165) is 46.5 Å². The third-order valence-electron chi connectivity index (χ3n) is 5.76. The second-order valence-corrected chi connectivity index (χ2v) is 10.7. The maximum Gasteiger partial charge on any atom is 0.226 e. The van der Waals surface area contributed by atoms with Crippen molar-refractivity contribution < 1.29 is 4.79 Å². The van der Waals surface area contributed by atoms with Crippen LogP contribution in [0.3, 0.4) is 0 Å². The Labute approximate surface area is 185 Å². The lowest BCUT2D eigenvalue weighted by Gasteiger charge is -2.13. The quantitative estimate of drug-likeness (QED) is 0.490. The van der Waals surface area contributed by atoms with Gasteiger partial charge in [-0.05, 0) is 55.0 Å². The van der Waals surface area contributed by atoms with Gasteiger partial charge >= 0.3 is 0 Å². The Morgan fingerprint density at radius 1 is 1.30 bits per heavy atom. The van der Waals surface area contributed by atoms with Crippen molar-refractivity contribution in [1.29, 1.82) is 0 Å². The van der Waals surface area contributed by atoms with Gasteiger partial charge in [0.2, 0.25) is 5.91 Å². The molecule has 2 aliphatic rings. The van der Waals surface area contributed by atoms with Crippen LogP contribution in [0.15, 0.2) is 18.2 Å². The lowest BCUT2D eigenvalue weighted by atomic mass is 10.0. The van der Waals surface area contributed by atoms with Crippen LogP contribution in [-0.4, -0.2) is 30.0 Å². The molecule has 3 aromatic rings. The molecule has 1 aromatic carbocycles. The van der Waals surface area contributed by atoms with Crippen molar-refractivity contribution in [3.8, 4) is 10.6 Å². The van der Waals surface area contributed by atoms with Gasteiger partial charge < -0.3 is 16.0 Å². The average Bonchev–Trinajstić information content (AvgIpc) is 3.38. The molecule has 3 heterocycles. The molecule has 3 N–H and O–H groups in total. The van der Waals surface area contributed by atoms with Gasteiger partial charge in [0.15, 0.2) is 0 Å². The highest BCUT2D eigenvalue weighted by atomic mass is 32.1. The maximum absolute atomic E-state index is 12.6. The van der Waals surface area contributed by atoms with E-state index in [9.17, 15) is 4.79 Å². The summed E-state index contributed by atoms with van der Waals surface area (Å²) in [7, 11) is 0. The number of thiazole rings is 1. The molecule has 0 atom stereocenters. The number of nitrogens with one attached hydrogen (secondary N) is 3. The van der Waals surface area contributed by atoms with Crippen LogP contribution in [0.2, 0.25) is 0 Å². The van der Waals surface area contributed by atoms with Crippen LogP contribution >= 0.6 is 22.7 Å². The fourth-order valence-electron chi connectivity index (χ4n) is 4.03. The molecule has 0 spiro atoms. The van der Waals surface area contributed by atoms with Crippen molar-refractivity contribution in [3.63, 3.8) is 0 Å². The molecule has 5 nitrogen and oxygen atoms in total. The number of fused-ring (bicyclic) bond motifs is 2. The van der Waals surface area contributed by atoms with Crippen LogP contribution in [-0.2, 0) is 17.8 Å². The Hall–Kier alpha value is -1.80. The molecule has 158 valence electrons. The first-order valence-corrected chi connectivity index (χ1v) is 12.5. The van der Waals surface area contributed by atoms with Crippen LogP contribution in [0.5, 0.6) is 0 Å². The van der Waals surface area contributed by atoms with E-state index in [1.165, 1.54) is 33.5 Å². The van der Waals surface area contributed by atoms with Crippen molar-refractivity contribution >= 4 is 43.8 Å². The van der Waals surface area contributed by atoms with E-state index in [-0.39, 0.29) is 5.91 Å². The lowest BCUT2D eigenvalue weighted by Crippen LogP contribution is -2.27. The van der Waals surface area contributed by atoms with E-state index >= 15 is 0 Å². The summed E-state index contributed by atoms with van der Waals surface area (Å²) >= 11 is 3.45. The zero-order valence-corrected chi connectivity index (χ0v) is 19.1. The lowest BCUT2D eigenvalue weighted by molar-refractivity contribution is -0.116. The minimum absolute atomic E-state index is 0.0630. The Balaban J connectivity index is 1.46. The van der Waals surface area contributed by atoms with Gasteiger partial charge in [-0.3, -0.25) is 4.79 Å². The molecule has 1 fully saturated rings. The normalized spacial score (nSPS) is 16.2. The molecule has 0 unspecified atom stereocenters. The summed E-state index contributed by atoms with van der Waals surface area (Å²) in [6.45, 7) is 6.72. The fourth-order valence-corrected chi connectivity index (χ4v) is 6.36. The molecule has 7 heteroatoms. The van der Waals surface area contributed by atoms with Crippen LogP contribution < -0.4 is 16.0 Å². The Kier molecular flexibility index (Phi) is 5.62. The summed E-state index contributed by atoms with van der Waals surface area (Å²) < 4.78 is 1.22. The van der Waals surface area contributed by atoms with Gasteiger partial charge in [-0.1, -0.05) is 19.9 Å². The number of rotatable bonds is 7. The minimum atomic E-state index is 0.0630. The van der Waals surface area contributed by atoms with Gasteiger partial charge in [0.25, 0.3) is 0 Å². The van der Waals surface area contributed by atoms with E-state index in [2.05, 4.69) is 48.0 Å². The number of amides is 1. The number of hydrogen-bond donors (Lipinski definition) is 3. The average molecular weight is 441 g/mol. The van der Waals surface area contributed by atoms with Gasteiger partial charge in [-0.2, -0.15) is 0 Å². The fraction of sp³-hybridized carbons (Fsp3) is 0.478. The predicted octanol–water partition coefficient (Wildman–Crippen LogP) is 4.87. The van der Waals surface area contributed by atoms with Crippen LogP contribution in [0.25, 0.3) is 20.8 Å². The van der Waals surface area contributed by atoms with Crippen molar-refractivity contribution in [2.45, 2.75) is 58.0 Å². The van der Waals surface area contributed by atoms with E-state index in [1.807, 2.05) is 0 Å². The summed E-state index contributed by atoms with van der Waals surface area (Å²) in [5.41, 5.74) is 5.01. The van der Waals surface area contributed by atoms with Gasteiger partial charge in [0, 0.05) is 36.0 Å². The molecule has 0 radical (unpaired) electrons. The number of thiophene rings is 1. The zero-order valence-electron chi connectivity index (χ0n) is 17.5. The van der Waals surface area contributed by atoms with Crippen LogP contribution in [0.1, 0.15) is 55.0 Å². The first-order valence-electron chi connectivity index (χ1n) is 10.9. The Morgan fingerprint density at radius 3 is 2.97 bits per heavy atom. The molecule has 30 heavy (non-hydrogen) atoms. The van der Waals surface area contributed by atoms with E-state index in [0.29, 0.717) is 19.0 Å². The molecule has 2 aromatic heterocycles. The van der Waals surface area contributed by atoms with Crippen LogP contribution in [0.4, 0.5) is 5.00 Å². The number of hydrogen-bond acceptors (Lipinski definition) is 6. The molecule has 0 bridgehead atoms. The van der Waals surface area contributed by atoms with E-state index in [1.54, 1.807) is 22.7 Å². The largest absolute Gasteiger partial charge is 0.317 e. The first kappa shape index (κ1) is 20.1. The van der Waals surface area contributed by atoms with E-state index < -0.39 is 0 Å². The molecule has 1 aliphatic carbocycles. The summed E-state index contributed by atoms with van der Waals surface area (Å²) in [4.78, 5) is 19.0. The molecule has 1 amide bonds. The summed E-state index contributed by atoms with van der Waals surface area (Å²) in [6.07, 6.45) is 4.06. The monoisotopic (exact) mass is 440 g/mol. The van der Waals surface area contributed by atoms with Crippen LogP contribution in [0, 0.1) is 0 Å². The first-order chi connectivity index (χ1) is 14.6. The Morgan fingerprint density at radius 2 is 2.17 bits per heavy atom. The number of carbonyl (C=O) groups excluding carboxylic acids is 1. The topological polar surface area (TPSA) is 66.0 Å². The van der Waals surface area contributed by atoms with Gasteiger partial charge in [-0.15, -0.1) is 22.7 Å². The standard InChI is InChI=1S/C23H28N4OS2/c1-13(2)25-10-8-20(28)27-23-21(16-7-9-24-12-19(16)30-23)22-26-17-11-15(14-3-4-14)5-6-18(17)29-22/h5-6,11,13-14,24-25H,3-4,7-10,12H2,1-2H3,(H,27,28). The van der Waals surface area contributed by atoms with Gasteiger partial charge in [0.05, 0.1) is 10.2 Å². The maximum atomic E-state index is 12.6.